The van der Waals surface area contributed by atoms with E-state index in [2.05, 4.69) is 5.32 Å². The molecule has 23 heavy (non-hydrogen) atoms. The number of fused-ring (bicyclic) bond motifs is 1. The number of cyclic esters (lactones) is 1. The van der Waals surface area contributed by atoms with Gasteiger partial charge in [0.1, 0.15) is 5.75 Å². The predicted molar refractivity (Wildman–Crippen MR) is 85.6 cm³/mol. The van der Waals surface area contributed by atoms with Crippen LogP contribution in [-0.2, 0) is 16.0 Å². The number of nitrogens with one attached hydrogen (secondary N) is 1. The van der Waals surface area contributed by atoms with E-state index in [1.807, 2.05) is 12.1 Å². The SMILES string of the molecule is COc1cccc(NC(=O)C2(C)Cc3ccccc3C(=O)O2)c1. The number of esters is 1. The van der Waals surface area contributed by atoms with Gasteiger partial charge in [0, 0.05) is 18.2 Å². The summed E-state index contributed by atoms with van der Waals surface area (Å²) in [7, 11) is 1.56. The lowest BCUT2D eigenvalue weighted by molar-refractivity contribution is -0.134. The highest BCUT2D eigenvalue weighted by molar-refractivity contribution is 6.02. The lowest BCUT2D eigenvalue weighted by Crippen LogP contribution is -2.48. The fourth-order valence-electron chi connectivity index (χ4n) is 2.62. The number of carbonyl (C=O) groups excluding carboxylic acids is 2. The monoisotopic (exact) mass is 311 g/mol. The van der Waals surface area contributed by atoms with E-state index in [1.54, 1.807) is 50.4 Å². The molecule has 1 amide bonds. The molecule has 0 saturated carbocycles. The van der Waals surface area contributed by atoms with Crippen LogP contribution >= 0.6 is 0 Å². The van der Waals surface area contributed by atoms with Gasteiger partial charge in [-0.15, -0.1) is 0 Å². The van der Waals surface area contributed by atoms with E-state index >= 15 is 0 Å². The molecular formula is C18H17NO4. The Labute approximate surface area is 134 Å². The van der Waals surface area contributed by atoms with Crippen LogP contribution in [0.25, 0.3) is 0 Å². The Morgan fingerprint density at radius 2 is 2.00 bits per heavy atom. The standard InChI is InChI=1S/C18H17NO4/c1-18(11-12-6-3-4-9-15(12)16(20)23-18)17(21)19-13-7-5-8-14(10-13)22-2/h3-10H,11H2,1-2H3,(H,19,21). The molecule has 0 fully saturated rings. The lowest BCUT2D eigenvalue weighted by Gasteiger charge is -2.33. The molecule has 1 atom stereocenters. The third-order valence-electron chi connectivity index (χ3n) is 3.89. The number of benzene rings is 2. The smallest absolute Gasteiger partial charge is 0.339 e. The van der Waals surface area contributed by atoms with Gasteiger partial charge in [0.15, 0.2) is 5.60 Å². The molecule has 3 rings (SSSR count). The average Bonchev–Trinajstić information content (AvgIpc) is 2.55. The maximum atomic E-state index is 12.6. The molecule has 0 bridgehead atoms. The molecular weight excluding hydrogens is 294 g/mol. The maximum Gasteiger partial charge on any atom is 0.339 e. The van der Waals surface area contributed by atoms with Gasteiger partial charge in [-0.1, -0.05) is 24.3 Å². The Morgan fingerprint density at radius 1 is 1.22 bits per heavy atom. The van der Waals surface area contributed by atoms with Crippen LogP contribution in [0.1, 0.15) is 22.8 Å². The van der Waals surface area contributed by atoms with E-state index in [-0.39, 0.29) is 5.91 Å². The van der Waals surface area contributed by atoms with Crippen molar-refractivity contribution in [3.63, 3.8) is 0 Å². The number of rotatable bonds is 3. The highest BCUT2D eigenvalue weighted by Gasteiger charge is 2.42. The summed E-state index contributed by atoms with van der Waals surface area (Å²) < 4.78 is 10.5. The van der Waals surface area contributed by atoms with Crippen LogP contribution in [0, 0.1) is 0 Å². The molecule has 1 heterocycles. The molecule has 0 radical (unpaired) electrons. The zero-order valence-electron chi connectivity index (χ0n) is 13.0. The van der Waals surface area contributed by atoms with Crippen LogP contribution in [0.15, 0.2) is 48.5 Å². The Morgan fingerprint density at radius 3 is 2.78 bits per heavy atom. The number of methoxy groups -OCH3 is 1. The minimum Gasteiger partial charge on any atom is -0.497 e. The van der Waals surface area contributed by atoms with Crippen molar-refractivity contribution in [2.75, 3.05) is 12.4 Å². The molecule has 118 valence electrons. The summed E-state index contributed by atoms with van der Waals surface area (Å²) in [5.41, 5.74) is 0.672. The van der Waals surface area contributed by atoms with Crippen molar-refractivity contribution < 1.29 is 19.1 Å². The van der Waals surface area contributed by atoms with Crippen LogP contribution < -0.4 is 10.1 Å². The normalized spacial score (nSPS) is 19.5. The first kappa shape index (κ1) is 15.1. The van der Waals surface area contributed by atoms with Gasteiger partial charge in [-0.25, -0.2) is 4.79 Å². The molecule has 0 aliphatic carbocycles. The number of hydrogen-bond acceptors (Lipinski definition) is 4. The number of amides is 1. The third-order valence-corrected chi connectivity index (χ3v) is 3.89. The van der Waals surface area contributed by atoms with Crippen molar-refractivity contribution in [1.82, 2.24) is 0 Å². The molecule has 5 nitrogen and oxygen atoms in total. The van der Waals surface area contributed by atoms with Crippen LogP contribution in [0.4, 0.5) is 5.69 Å². The second-order valence-electron chi connectivity index (χ2n) is 5.64. The molecule has 2 aromatic rings. The Kier molecular flexibility index (Phi) is 3.78. The van der Waals surface area contributed by atoms with E-state index in [1.165, 1.54) is 0 Å². The Hall–Kier alpha value is -2.82. The van der Waals surface area contributed by atoms with Gasteiger partial charge in [-0.3, -0.25) is 4.79 Å². The summed E-state index contributed by atoms with van der Waals surface area (Å²) in [6, 6.07) is 14.2. The van der Waals surface area contributed by atoms with Crippen molar-refractivity contribution >= 4 is 17.6 Å². The van der Waals surface area contributed by atoms with Gasteiger partial charge < -0.3 is 14.8 Å². The molecule has 0 spiro atoms. The van der Waals surface area contributed by atoms with Crippen molar-refractivity contribution in [1.29, 1.82) is 0 Å². The van der Waals surface area contributed by atoms with Crippen molar-refractivity contribution in [3.8, 4) is 5.75 Å². The van der Waals surface area contributed by atoms with Gasteiger partial charge in [-0.2, -0.15) is 0 Å². The van der Waals surface area contributed by atoms with E-state index in [0.29, 0.717) is 23.4 Å². The summed E-state index contributed by atoms with van der Waals surface area (Å²) in [4.78, 5) is 24.8. The fraction of sp³-hybridized carbons (Fsp3) is 0.222. The molecule has 0 aromatic heterocycles. The number of carbonyl (C=O) groups is 2. The quantitative estimate of drug-likeness (QED) is 0.885. The molecule has 0 saturated heterocycles. The van der Waals surface area contributed by atoms with E-state index < -0.39 is 11.6 Å². The maximum absolute atomic E-state index is 12.6. The first-order valence-electron chi connectivity index (χ1n) is 7.28. The first-order chi connectivity index (χ1) is 11.0. The Bertz CT molecular complexity index is 771. The zero-order valence-corrected chi connectivity index (χ0v) is 13.0. The molecule has 1 unspecified atom stereocenters. The summed E-state index contributed by atoms with van der Waals surface area (Å²) in [5, 5.41) is 2.78. The van der Waals surface area contributed by atoms with Crippen molar-refractivity contribution in [2.45, 2.75) is 18.9 Å². The second-order valence-corrected chi connectivity index (χ2v) is 5.64. The van der Waals surface area contributed by atoms with Crippen molar-refractivity contribution in [2.24, 2.45) is 0 Å². The van der Waals surface area contributed by atoms with Gasteiger partial charge in [0.25, 0.3) is 5.91 Å². The molecule has 2 aromatic carbocycles. The molecule has 1 aliphatic rings. The third kappa shape index (κ3) is 2.90. The average molecular weight is 311 g/mol. The largest absolute Gasteiger partial charge is 0.497 e. The van der Waals surface area contributed by atoms with Crippen LogP contribution in [0.2, 0.25) is 0 Å². The van der Waals surface area contributed by atoms with Gasteiger partial charge >= 0.3 is 5.97 Å². The molecule has 5 heteroatoms. The van der Waals surface area contributed by atoms with Crippen LogP contribution in [0.5, 0.6) is 5.75 Å². The predicted octanol–water partition coefficient (Wildman–Crippen LogP) is 2.81. The number of ether oxygens (including phenoxy) is 2. The lowest BCUT2D eigenvalue weighted by atomic mass is 9.89. The van der Waals surface area contributed by atoms with Gasteiger partial charge in [0.05, 0.1) is 12.7 Å². The van der Waals surface area contributed by atoms with Gasteiger partial charge in [0.2, 0.25) is 0 Å². The Balaban J connectivity index is 1.83. The topological polar surface area (TPSA) is 64.6 Å². The fourth-order valence-corrected chi connectivity index (χ4v) is 2.62. The molecule has 1 aliphatic heterocycles. The summed E-state index contributed by atoms with van der Waals surface area (Å²) >= 11 is 0. The van der Waals surface area contributed by atoms with E-state index in [9.17, 15) is 9.59 Å². The molecule has 1 N–H and O–H groups in total. The number of hydrogen-bond donors (Lipinski definition) is 1. The van der Waals surface area contributed by atoms with Crippen LogP contribution in [0.3, 0.4) is 0 Å². The number of anilines is 1. The summed E-state index contributed by atoms with van der Waals surface area (Å²) in [6.07, 6.45) is 0.338. The first-order valence-corrected chi connectivity index (χ1v) is 7.28. The van der Waals surface area contributed by atoms with Gasteiger partial charge in [-0.05, 0) is 30.7 Å². The van der Waals surface area contributed by atoms with Crippen molar-refractivity contribution in [3.05, 3.63) is 59.7 Å². The summed E-state index contributed by atoms with van der Waals surface area (Å²) in [6.45, 7) is 1.62. The minimum absolute atomic E-state index is 0.338. The minimum atomic E-state index is -1.24. The van der Waals surface area contributed by atoms with E-state index in [0.717, 1.165) is 5.56 Å². The zero-order chi connectivity index (χ0) is 16.4. The summed E-state index contributed by atoms with van der Waals surface area (Å²) in [5.74, 6) is -0.206. The second kappa shape index (κ2) is 5.76. The van der Waals surface area contributed by atoms with Crippen LogP contribution in [-0.4, -0.2) is 24.6 Å². The van der Waals surface area contributed by atoms with E-state index in [4.69, 9.17) is 9.47 Å². The highest BCUT2D eigenvalue weighted by atomic mass is 16.6. The highest BCUT2D eigenvalue weighted by Crippen LogP contribution is 2.29.